The number of benzene rings is 1. The second kappa shape index (κ2) is 11.4. The van der Waals surface area contributed by atoms with Gasteiger partial charge in [0.15, 0.2) is 0 Å². The summed E-state index contributed by atoms with van der Waals surface area (Å²) < 4.78 is 14.1. The molecule has 0 amide bonds. The molecular formula is C23H32FN5. The summed E-state index contributed by atoms with van der Waals surface area (Å²) in [6.07, 6.45) is 5.31. The second-order valence-electron chi connectivity index (χ2n) is 6.91. The predicted octanol–water partition coefficient (Wildman–Crippen LogP) is 4.25. The number of rotatable bonds is 7. The van der Waals surface area contributed by atoms with Gasteiger partial charge in [0, 0.05) is 44.4 Å². The Labute approximate surface area is 173 Å². The number of amidine groups is 1. The minimum Gasteiger partial charge on any atom is -0.356 e. The fourth-order valence-corrected chi connectivity index (χ4v) is 3.40. The third-order valence-electron chi connectivity index (χ3n) is 4.99. The minimum atomic E-state index is -0.462. The fourth-order valence-electron chi connectivity index (χ4n) is 3.40. The van der Waals surface area contributed by atoms with Crippen LogP contribution in [0.25, 0.3) is 5.57 Å². The van der Waals surface area contributed by atoms with Crippen LogP contribution < -0.4 is 5.32 Å². The Bertz CT molecular complexity index is 830. The van der Waals surface area contributed by atoms with Crippen LogP contribution in [-0.4, -0.2) is 55.6 Å². The van der Waals surface area contributed by atoms with Gasteiger partial charge in [-0.15, -0.1) is 10.2 Å². The average Bonchev–Trinajstić information content (AvgIpc) is 2.76. The van der Waals surface area contributed by atoms with Gasteiger partial charge >= 0.3 is 0 Å². The number of piperazine rings is 1. The lowest BCUT2D eigenvalue weighted by atomic mass is 9.94. The number of hydrogen-bond acceptors (Lipinski definition) is 4. The van der Waals surface area contributed by atoms with E-state index in [1.165, 1.54) is 7.05 Å². The fraction of sp³-hybridized carbons (Fsp3) is 0.435. The molecule has 6 heteroatoms. The van der Waals surface area contributed by atoms with E-state index in [2.05, 4.69) is 38.9 Å². The van der Waals surface area contributed by atoms with Gasteiger partial charge in [0.1, 0.15) is 5.84 Å². The maximum Gasteiger partial charge on any atom is 0.215 e. The molecule has 29 heavy (non-hydrogen) atoms. The van der Waals surface area contributed by atoms with Gasteiger partial charge in [-0.05, 0) is 37.5 Å². The zero-order valence-corrected chi connectivity index (χ0v) is 18.0. The van der Waals surface area contributed by atoms with Crippen molar-refractivity contribution in [3.63, 3.8) is 0 Å². The smallest absolute Gasteiger partial charge is 0.215 e. The Kier molecular flexibility index (Phi) is 8.93. The number of aliphatic imine (C=N–C) groups is 1. The minimum absolute atomic E-state index is 0.462. The number of halogens is 1. The van der Waals surface area contributed by atoms with Crippen LogP contribution in [0.5, 0.6) is 0 Å². The first kappa shape index (κ1) is 22.7. The van der Waals surface area contributed by atoms with Gasteiger partial charge in [-0.1, -0.05) is 44.2 Å². The van der Waals surface area contributed by atoms with Crippen molar-refractivity contribution < 1.29 is 4.39 Å². The summed E-state index contributed by atoms with van der Waals surface area (Å²) in [5.41, 5.74) is 4.11. The first-order valence-corrected chi connectivity index (χ1v) is 10.2. The van der Waals surface area contributed by atoms with Crippen LogP contribution in [0.2, 0.25) is 0 Å². The lowest BCUT2D eigenvalue weighted by molar-refractivity contribution is 0.355. The molecule has 0 aromatic heterocycles. The van der Waals surface area contributed by atoms with Crippen molar-refractivity contribution in [2.75, 3.05) is 33.2 Å². The van der Waals surface area contributed by atoms with E-state index in [9.17, 15) is 4.39 Å². The molecular weight excluding hydrogens is 365 g/mol. The Morgan fingerprint density at radius 1 is 1.28 bits per heavy atom. The van der Waals surface area contributed by atoms with Gasteiger partial charge in [0.25, 0.3) is 0 Å². The lowest BCUT2D eigenvalue weighted by Crippen LogP contribution is -2.45. The molecule has 0 aliphatic carbocycles. The van der Waals surface area contributed by atoms with Gasteiger partial charge < -0.3 is 10.2 Å². The molecule has 2 rings (SSSR count). The molecule has 156 valence electrons. The monoisotopic (exact) mass is 397 g/mol. The molecule has 0 bridgehead atoms. The highest BCUT2D eigenvalue weighted by atomic mass is 19.1. The molecule has 1 aromatic carbocycles. The van der Waals surface area contributed by atoms with Crippen LogP contribution in [0, 0.1) is 0 Å². The summed E-state index contributed by atoms with van der Waals surface area (Å²) in [4.78, 5) is 5.92. The van der Waals surface area contributed by atoms with Crippen molar-refractivity contribution >= 4 is 23.1 Å². The first-order valence-electron chi connectivity index (χ1n) is 10.2. The van der Waals surface area contributed by atoms with Gasteiger partial charge in [0.05, 0.1) is 5.71 Å². The van der Waals surface area contributed by atoms with E-state index in [0.29, 0.717) is 5.57 Å². The number of hydrogen-bond donors (Lipinski definition) is 1. The standard InChI is InChI=1S/C23H32FN5/c1-6-9-18-16-19(20(7-2)23(24)25-5)10-11-21(18)22(8-3)28-27-17(4)29-14-12-26-13-15-29/h7-8,10-11,16,26H,3,6,9,12-15H2,1-2,4-5H3/b20-7-,25-23?,27-17+,28-22+. The maximum atomic E-state index is 14.1. The zero-order valence-electron chi connectivity index (χ0n) is 18.0. The number of nitrogens with zero attached hydrogens (tertiary/aromatic N) is 4. The van der Waals surface area contributed by atoms with Crippen molar-refractivity contribution in [1.29, 1.82) is 0 Å². The Balaban J connectivity index is 2.40. The quantitative estimate of drug-likeness (QED) is 0.425. The van der Waals surface area contributed by atoms with Crippen molar-refractivity contribution in [3.8, 4) is 0 Å². The SMILES string of the molecule is C=C/C(=N\N=C(/C)N1CCNCC1)c1ccc(/C(=C/C)C(F)=NC)cc1CCC. The summed E-state index contributed by atoms with van der Waals surface area (Å²) in [7, 11) is 1.46. The maximum absolute atomic E-state index is 14.1. The molecule has 1 fully saturated rings. The van der Waals surface area contributed by atoms with E-state index in [-0.39, 0.29) is 0 Å². The molecule has 0 radical (unpaired) electrons. The molecule has 1 aliphatic heterocycles. The zero-order chi connectivity index (χ0) is 21.2. The largest absolute Gasteiger partial charge is 0.356 e. The van der Waals surface area contributed by atoms with Gasteiger partial charge in [0.2, 0.25) is 5.97 Å². The van der Waals surface area contributed by atoms with Crippen molar-refractivity contribution in [2.45, 2.75) is 33.6 Å². The highest BCUT2D eigenvalue weighted by Gasteiger charge is 2.14. The van der Waals surface area contributed by atoms with Crippen LogP contribution in [0.4, 0.5) is 4.39 Å². The number of nitrogens with one attached hydrogen (secondary N) is 1. The Morgan fingerprint density at radius 2 is 2.00 bits per heavy atom. The third-order valence-corrected chi connectivity index (χ3v) is 4.99. The van der Waals surface area contributed by atoms with E-state index >= 15 is 0 Å². The summed E-state index contributed by atoms with van der Waals surface area (Å²) in [6, 6.07) is 5.90. The first-order chi connectivity index (χ1) is 14.0. The lowest BCUT2D eigenvalue weighted by Gasteiger charge is -2.28. The van der Waals surface area contributed by atoms with Gasteiger partial charge in [-0.3, -0.25) is 4.99 Å². The van der Waals surface area contributed by atoms with Crippen LogP contribution >= 0.6 is 0 Å². The highest BCUT2D eigenvalue weighted by molar-refractivity contribution is 6.19. The molecule has 5 nitrogen and oxygen atoms in total. The summed E-state index contributed by atoms with van der Waals surface area (Å²) in [5.74, 6) is 0.438. The summed E-state index contributed by atoms with van der Waals surface area (Å²) >= 11 is 0. The molecule has 0 spiro atoms. The van der Waals surface area contributed by atoms with Crippen molar-refractivity contribution in [3.05, 3.63) is 53.6 Å². The Hall–Kier alpha value is -2.60. The van der Waals surface area contributed by atoms with E-state index in [1.807, 2.05) is 32.0 Å². The van der Waals surface area contributed by atoms with E-state index in [1.54, 1.807) is 12.2 Å². The average molecular weight is 398 g/mol. The van der Waals surface area contributed by atoms with Crippen molar-refractivity contribution in [1.82, 2.24) is 10.2 Å². The summed E-state index contributed by atoms with van der Waals surface area (Å²) in [6.45, 7) is 13.6. The normalized spacial score (nSPS) is 16.9. The number of allylic oxidation sites excluding steroid dienone is 3. The van der Waals surface area contributed by atoms with Crippen LogP contribution in [0.15, 0.2) is 52.1 Å². The number of aryl methyl sites for hydroxylation is 1. The van der Waals surface area contributed by atoms with E-state index in [4.69, 9.17) is 0 Å². The van der Waals surface area contributed by atoms with Crippen LogP contribution in [0.3, 0.4) is 0 Å². The van der Waals surface area contributed by atoms with Crippen molar-refractivity contribution in [2.24, 2.45) is 15.2 Å². The third kappa shape index (κ3) is 5.94. The van der Waals surface area contributed by atoms with E-state index in [0.717, 1.165) is 67.3 Å². The molecule has 0 atom stereocenters. The Morgan fingerprint density at radius 3 is 2.59 bits per heavy atom. The topological polar surface area (TPSA) is 52.4 Å². The van der Waals surface area contributed by atoms with Gasteiger partial charge in [-0.2, -0.15) is 4.39 Å². The van der Waals surface area contributed by atoms with E-state index < -0.39 is 5.97 Å². The highest BCUT2D eigenvalue weighted by Crippen LogP contribution is 2.23. The molecule has 1 saturated heterocycles. The summed E-state index contributed by atoms with van der Waals surface area (Å²) in [5, 5.41) is 12.3. The second-order valence-corrected chi connectivity index (χ2v) is 6.91. The predicted molar refractivity (Wildman–Crippen MR) is 123 cm³/mol. The van der Waals surface area contributed by atoms with Gasteiger partial charge in [-0.25, -0.2) is 0 Å². The molecule has 1 N–H and O–H groups in total. The molecule has 1 aliphatic rings. The molecule has 0 saturated carbocycles. The molecule has 1 aromatic rings. The van der Waals surface area contributed by atoms with Crippen LogP contribution in [0.1, 0.15) is 43.9 Å². The van der Waals surface area contributed by atoms with Crippen LogP contribution in [-0.2, 0) is 6.42 Å². The molecule has 0 unspecified atom stereocenters. The molecule has 1 heterocycles.